The third-order valence-electron chi connectivity index (χ3n) is 4.77. The molecule has 7 nitrogen and oxygen atoms in total. The van der Waals surface area contributed by atoms with Crippen LogP contribution in [0.2, 0.25) is 0 Å². The number of ether oxygens (including phenoxy) is 2. The molecule has 1 heterocycles. The predicted octanol–water partition coefficient (Wildman–Crippen LogP) is 1.94. The van der Waals surface area contributed by atoms with Crippen LogP contribution in [0.15, 0.2) is 48.5 Å². The third kappa shape index (κ3) is 6.58. The van der Waals surface area contributed by atoms with Crippen molar-refractivity contribution < 1.29 is 19.1 Å². The molecular formula is C22H27N3O4. The lowest BCUT2D eigenvalue weighted by Gasteiger charge is -2.26. The number of anilines is 1. The van der Waals surface area contributed by atoms with E-state index in [1.54, 1.807) is 31.4 Å². The Kier molecular flexibility index (Phi) is 7.61. The summed E-state index contributed by atoms with van der Waals surface area (Å²) in [6, 6.07) is 14.3. The van der Waals surface area contributed by atoms with Crippen LogP contribution in [0.25, 0.3) is 0 Å². The summed E-state index contributed by atoms with van der Waals surface area (Å²) in [6.07, 6.45) is 0.272. The van der Waals surface area contributed by atoms with Gasteiger partial charge in [0.2, 0.25) is 5.91 Å². The van der Waals surface area contributed by atoms with Gasteiger partial charge in [0.15, 0.2) is 0 Å². The van der Waals surface area contributed by atoms with Crippen molar-refractivity contribution in [2.24, 2.45) is 0 Å². The van der Waals surface area contributed by atoms with Crippen molar-refractivity contribution in [2.45, 2.75) is 6.42 Å². The zero-order valence-electron chi connectivity index (χ0n) is 16.6. The van der Waals surface area contributed by atoms with Gasteiger partial charge in [-0.05, 0) is 42.0 Å². The summed E-state index contributed by atoms with van der Waals surface area (Å²) >= 11 is 0. The number of carbonyl (C=O) groups is 2. The lowest BCUT2D eigenvalue weighted by Crippen LogP contribution is -2.41. The Hall–Kier alpha value is -2.90. The van der Waals surface area contributed by atoms with Crippen LogP contribution in [-0.4, -0.2) is 63.2 Å². The zero-order valence-corrected chi connectivity index (χ0v) is 16.6. The fourth-order valence-corrected chi connectivity index (χ4v) is 3.09. The van der Waals surface area contributed by atoms with E-state index in [9.17, 15) is 9.59 Å². The molecule has 154 valence electrons. The van der Waals surface area contributed by atoms with Crippen molar-refractivity contribution in [3.8, 4) is 5.75 Å². The maximum Gasteiger partial charge on any atom is 0.251 e. The molecule has 0 atom stereocenters. The van der Waals surface area contributed by atoms with Crippen molar-refractivity contribution in [3.05, 3.63) is 59.7 Å². The second kappa shape index (κ2) is 10.6. The smallest absolute Gasteiger partial charge is 0.251 e. The molecular weight excluding hydrogens is 370 g/mol. The van der Waals surface area contributed by atoms with Gasteiger partial charge in [-0.25, -0.2) is 0 Å². The van der Waals surface area contributed by atoms with Crippen LogP contribution in [0.5, 0.6) is 5.75 Å². The zero-order chi connectivity index (χ0) is 20.5. The Morgan fingerprint density at radius 3 is 2.38 bits per heavy atom. The number of hydrogen-bond acceptors (Lipinski definition) is 5. The van der Waals surface area contributed by atoms with Crippen molar-refractivity contribution >= 4 is 17.5 Å². The van der Waals surface area contributed by atoms with Crippen LogP contribution in [-0.2, 0) is 16.0 Å². The highest BCUT2D eigenvalue weighted by molar-refractivity contribution is 5.96. The van der Waals surface area contributed by atoms with E-state index in [1.165, 1.54) is 0 Å². The number of amides is 2. The number of benzene rings is 2. The standard InChI is InChI=1S/C22H27N3O4/c1-28-20-8-2-17(3-9-20)16-21(26)24-19-6-4-18(5-7-19)22(27)23-10-11-25-12-14-29-15-13-25/h2-9H,10-16H2,1H3,(H,23,27)(H,24,26). The normalized spacial score (nSPS) is 14.2. The first-order valence-electron chi connectivity index (χ1n) is 9.75. The van der Waals surface area contributed by atoms with Gasteiger partial charge in [-0.1, -0.05) is 12.1 Å². The lowest BCUT2D eigenvalue weighted by atomic mass is 10.1. The van der Waals surface area contributed by atoms with Gasteiger partial charge >= 0.3 is 0 Å². The average Bonchev–Trinajstić information content (AvgIpc) is 2.75. The molecule has 7 heteroatoms. The fourth-order valence-electron chi connectivity index (χ4n) is 3.09. The molecule has 0 saturated carbocycles. The van der Waals surface area contributed by atoms with Gasteiger partial charge in [0.1, 0.15) is 5.75 Å². The molecule has 0 aliphatic carbocycles. The first-order chi connectivity index (χ1) is 14.1. The number of nitrogens with one attached hydrogen (secondary N) is 2. The Balaban J connectivity index is 1.43. The predicted molar refractivity (Wildman–Crippen MR) is 111 cm³/mol. The van der Waals surface area contributed by atoms with E-state index >= 15 is 0 Å². The molecule has 0 unspecified atom stereocenters. The molecule has 0 bridgehead atoms. The highest BCUT2D eigenvalue weighted by atomic mass is 16.5. The largest absolute Gasteiger partial charge is 0.497 e. The fraction of sp³-hybridized carbons (Fsp3) is 0.364. The number of methoxy groups -OCH3 is 1. The van der Waals surface area contributed by atoms with Crippen molar-refractivity contribution in [2.75, 3.05) is 51.8 Å². The molecule has 0 radical (unpaired) electrons. The summed E-state index contributed by atoms with van der Waals surface area (Å²) in [5.74, 6) is 0.528. The first kappa shape index (κ1) is 20.8. The van der Waals surface area contributed by atoms with E-state index in [-0.39, 0.29) is 18.2 Å². The SMILES string of the molecule is COc1ccc(CC(=O)Nc2ccc(C(=O)NCCN3CCOCC3)cc2)cc1. The Morgan fingerprint density at radius 1 is 1.03 bits per heavy atom. The van der Waals surface area contributed by atoms with Gasteiger partial charge < -0.3 is 20.1 Å². The summed E-state index contributed by atoms with van der Waals surface area (Å²) < 4.78 is 10.4. The van der Waals surface area contributed by atoms with E-state index in [2.05, 4.69) is 15.5 Å². The summed E-state index contributed by atoms with van der Waals surface area (Å²) in [4.78, 5) is 26.7. The highest BCUT2D eigenvalue weighted by Crippen LogP contribution is 2.13. The minimum Gasteiger partial charge on any atom is -0.497 e. The summed E-state index contributed by atoms with van der Waals surface area (Å²) in [7, 11) is 1.61. The molecule has 29 heavy (non-hydrogen) atoms. The molecule has 1 fully saturated rings. The summed E-state index contributed by atoms with van der Waals surface area (Å²) in [6.45, 7) is 4.72. The first-order valence-corrected chi connectivity index (χ1v) is 9.75. The molecule has 2 aromatic rings. The molecule has 2 amide bonds. The monoisotopic (exact) mass is 397 g/mol. The number of morpholine rings is 1. The lowest BCUT2D eigenvalue weighted by molar-refractivity contribution is -0.115. The Bertz CT molecular complexity index is 800. The van der Waals surface area contributed by atoms with E-state index in [4.69, 9.17) is 9.47 Å². The Labute approximate surface area is 171 Å². The van der Waals surface area contributed by atoms with Gasteiger partial charge in [-0.3, -0.25) is 14.5 Å². The minimum absolute atomic E-state index is 0.113. The van der Waals surface area contributed by atoms with E-state index in [0.717, 1.165) is 44.2 Å². The molecule has 2 aromatic carbocycles. The van der Waals surface area contributed by atoms with Crippen LogP contribution in [0, 0.1) is 0 Å². The van der Waals surface area contributed by atoms with Crippen molar-refractivity contribution in [3.63, 3.8) is 0 Å². The van der Waals surface area contributed by atoms with E-state index in [1.807, 2.05) is 24.3 Å². The maximum atomic E-state index is 12.3. The van der Waals surface area contributed by atoms with Crippen LogP contribution in [0.1, 0.15) is 15.9 Å². The molecule has 1 aliphatic rings. The molecule has 1 aliphatic heterocycles. The van der Waals surface area contributed by atoms with E-state index in [0.29, 0.717) is 17.8 Å². The number of nitrogens with zero attached hydrogens (tertiary/aromatic N) is 1. The van der Waals surface area contributed by atoms with Crippen molar-refractivity contribution in [1.29, 1.82) is 0 Å². The second-order valence-corrected chi connectivity index (χ2v) is 6.86. The molecule has 1 saturated heterocycles. The van der Waals surface area contributed by atoms with Gasteiger partial charge in [-0.15, -0.1) is 0 Å². The number of hydrogen-bond donors (Lipinski definition) is 2. The molecule has 2 N–H and O–H groups in total. The molecule has 0 spiro atoms. The minimum atomic E-state index is -0.116. The van der Waals surface area contributed by atoms with Gasteiger partial charge in [0, 0.05) is 37.4 Å². The quantitative estimate of drug-likeness (QED) is 0.712. The van der Waals surface area contributed by atoms with Gasteiger partial charge in [-0.2, -0.15) is 0 Å². The third-order valence-corrected chi connectivity index (χ3v) is 4.77. The molecule has 3 rings (SSSR count). The number of carbonyl (C=O) groups excluding carboxylic acids is 2. The average molecular weight is 397 g/mol. The summed E-state index contributed by atoms with van der Waals surface area (Å²) in [5.41, 5.74) is 2.13. The molecule has 0 aromatic heterocycles. The van der Waals surface area contributed by atoms with Gasteiger partial charge in [0.25, 0.3) is 5.91 Å². The number of rotatable bonds is 8. The second-order valence-electron chi connectivity index (χ2n) is 6.86. The van der Waals surface area contributed by atoms with Crippen molar-refractivity contribution in [1.82, 2.24) is 10.2 Å². The van der Waals surface area contributed by atoms with Crippen LogP contribution >= 0.6 is 0 Å². The van der Waals surface area contributed by atoms with Crippen LogP contribution in [0.4, 0.5) is 5.69 Å². The van der Waals surface area contributed by atoms with Gasteiger partial charge in [0.05, 0.1) is 26.7 Å². The highest BCUT2D eigenvalue weighted by Gasteiger charge is 2.11. The topological polar surface area (TPSA) is 79.9 Å². The Morgan fingerprint density at radius 2 is 1.72 bits per heavy atom. The van der Waals surface area contributed by atoms with Crippen LogP contribution in [0.3, 0.4) is 0 Å². The summed E-state index contributed by atoms with van der Waals surface area (Å²) in [5, 5.41) is 5.78. The van der Waals surface area contributed by atoms with E-state index < -0.39 is 0 Å². The maximum absolute atomic E-state index is 12.3. The van der Waals surface area contributed by atoms with Crippen LogP contribution < -0.4 is 15.4 Å².